The summed E-state index contributed by atoms with van der Waals surface area (Å²) in [7, 11) is -2.12. The third kappa shape index (κ3) is 5.69. The molecule has 0 spiro atoms. The number of esters is 1. The van der Waals surface area contributed by atoms with Crippen LogP contribution in [0.25, 0.3) is 0 Å². The number of hydrogen-bond acceptors (Lipinski definition) is 6. The first-order chi connectivity index (χ1) is 13.8. The molecule has 0 heterocycles. The van der Waals surface area contributed by atoms with Gasteiger partial charge in [0.15, 0.2) is 6.61 Å². The highest BCUT2D eigenvalue weighted by molar-refractivity contribution is 7.89. The van der Waals surface area contributed by atoms with E-state index < -0.39 is 28.5 Å². The summed E-state index contributed by atoms with van der Waals surface area (Å²) >= 11 is 5.99. The fraction of sp³-hybridized carbons (Fsp3) is 0.263. The summed E-state index contributed by atoms with van der Waals surface area (Å²) in [5.41, 5.74) is 0.560. The third-order valence-corrected chi connectivity index (χ3v) is 5.90. The van der Waals surface area contributed by atoms with Crippen molar-refractivity contribution < 1.29 is 27.5 Å². The highest BCUT2D eigenvalue weighted by atomic mass is 35.5. The van der Waals surface area contributed by atoms with Crippen LogP contribution in [0.1, 0.15) is 23.2 Å². The molecule has 10 heteroatoms. The lowest BCUT2D eigenvalue weighted by Gasteiger charge is -2.09. The Hall–Kier alpha value is -2.62. The maximum atomic E-state index is 12.1. The van der Waals surface area contributed by atoms with Crippen LogP contribution in [0.4, 0.5) is 5.69 Å². The predicted octanol–water partition coefficient (Wildman–Crippen LogP) is 2.58. The minimum Gasteiger partial charge on any atom is -0.495 e. The predicted molar refractivity (Wildman–Crippen MR) is 107 cm³/mol. The highest BCUT2D eigenvalue weighted by Gasteiger charge is 2.28. The Morgan fingerprint density at radius 1 is 1.14 bits per heavy atom. The van der Waals surface area contributed by atoms with E-state index >= 15 is 0 Å². The molecule has 1 fully saturated rings. The van der Waals surface area contributed by atoms with E-state index in [9.17, 15) is 18.0 Å². The van der Waals surface area contributed by atoms with Crippen LogP contribution in [-0.4, -0.2) is 40.1 Å². The zero-order valence-electron chi connectivity index (χ0n) is 15.5. The van der Waals surface area contributed by atoms with Crippen LogP contribution in [0.3, 0.4) is 0 Å². The van der Waals surface area contributed by atoms with Crippen molar-refractivity contribution in [1.29, 1.82) is 0 Å². The van der Waals surface area contributed by atoms with Gasteiger partial charge in [0.25, 0.3) is 5.91 Å². The fourth-order valence-corrected chi connectivity index (χ4v) is 3.98. The van der Waals surface area contributed by atoms with Crippen LogP contribution in [0.15, 0.2) is 47.4 Å². The SMILES string of the molecule is COc1ccc(NC(=O)COC(=O)c2ccc(S(=O)(=O)NC3CC3)cc2)cc1Cl. The summed E-state index contributed by atoms with van der Waals surface area (Å²) in [4.78, 5) is 24.1. The molecule has 0 saturated heterocycles. The van der Waals surface area contributed by atoms with Gasteiger partial charge in [0.2, 0.25) is 10.0 Å². The monoisotopic (exact) mass is 438 g/mol. The quantitative estimate of drug-likeness (QED) is 0.613. The zero-order valence-corrected chi connectivity index (χ0v) is 17.0. The number of carbonyl (C=O) groups is 2. The Morgan fingerprint density at radius 2 is 1.83 bits per heavy atom. The largest absolute Gasteiger partial charge is 0.495 e. The molecule has 29 heavy (non-hydrogen) atoms. The molecule has 0 bridgehead atoms. The van der Waals surface area contributed by atoms with Gasteiger partial charge in [-0.05, 0) is 55.3 Å². The van der Waals surface area contributed by atoms with E-state index in [4.69, 9.17) is 21.1 Å². The van der Waals surface area contributed by atoms with E-state index in [1.54, 1.807) is 12.1 Å². The molecule has 1 aliphatic rings. The number of ether oxygens (including phenoxy) is 2. The van der Waals surface area contributed by atoms with Crippen LogP contribution < -0.4 is 14.8 Å². The van der Waals surface area contributed by atoms with E-state index in [0.29, 0.717) is 16.5 Å². The van der Waals surface area contributed by atoms with Crippen LogP contribution >= 0.6 is 11.6 Å². The molecule has 0 unspecified atom stereocenters. The number of hydrogen-bond donors (Lipinski definition) is 2. The van der Waals surface area contributed by atoms with E-state index in [1.165, 1.54) is 37.4 Å². The number of methoxy groups -OCH3 is 1. The Kier molecular flexibility index (Phi) is 6.41. The van der Waals surface area contributed by atoms with E-state index in [-0.39, 0.29) is 16.5 Å². The zero-order chi connectivity index (χ0) is 21.0. The first-order valence-electron chi connectivity index (χ1n) is 8.71. The number of anilines is 1. The molecule has 154 valence electrons. The molecule has 0 atom stereocenters. The Balaban J connectivity index is 1.53. The number of sulfonamides is 1. The summed E-state index contributed by atoms with van der Waals surface area (Å²) in [5.74, 6) is -0.826. The number of amides is 1. The van der Waals surface area contributed by atoms with Gasteiger partial charge in [-0.25, -0.2) is 17.9 Å². The van der Waals surface area contributed by atoms with Crippen LogP contribution in [0.5, 0.6) is 5.75 Å². The van der Waals surface area contributed by atoms with Crippen molar-refractivity contribution in [1.82, 2.24) is 4.72 Å². The van der Waals surface area contributed by atoms with Crippen LogP contribution in [0.2, 0.25) is 5.02 Å². The van der Waals surface area contributed by atoms with Crippen molar-refractivity contribution in [2.45, 2.75) is 23.8 Å². The van der Waals surface area contributed by atoms with Crippen LogP contribution in [0, 0.1) is 0 Å². The topological polar surface area (TPSA) is 111 Å². The fourth-order valence-electron chi connectivity index (χ4n) is 2.41. The number of rotatable bonds is 8. The third-order valence-electron chi connectivity index (χ3n) is 4.07. The molecule has 1 saturated carbocycles. The Bertz CT molecular complexity index is 1020. The highest BCUT2D eigenvalue weighted by Crippen LogP contribution is 2.27. The van der Waals surface area contributed by atoms with Gasteiger partial charge < -0.3 is 14.8 Å². The smallest absolute Gasteiger partial charge is 0.338 e. The summed E-state index contributed by atoms with van der Waals surface area (Å²) in [5, 5.41) is 2.88. The van der Waals surface area contributed by atoms with Crippen molar-refractivity contribution >= 4 is 39.2 Å². The molecule has 0 radical (unpaired) electrons. The second-order valence-corrected chi connectivity index (χ2v) is 8.51. The second kappa shape index (κ2) is 8.81. The lowest BCUT2D eigenvalue weighted by Crippen LogP contribution is -2.25. The summed E-state index contributed by atoms with van der Waals surface area (Å²) < 4.78 is 36.8. The van der Waals surface area contributed by atoms with Crippen LogP contribution in [-0.2, 0) is 19.6 Å². The summed E-state index contributed by atoms with van der Waals surface area (Å²) in [6.07, 6.45) is 1.66. The first kappa shape index (κ1) is 21.1. The van der Waals surface area contributed by atoms with E-state index in [1.807, 2.05) is 0 Å². The van der Waals surface area contributed by atoms with Gasteiger partial charge in [-0.15, -0.1) is 0 Å². The summed E-state index contributed by atoms with van der Waals surface area (Å²) in [6.45, 7) is -0.508. The van der Waals surface area contributed by atoms with Gasteiger partial charge >= 0.3 is 5.97 Å². The molecule has 0 aromatic heterocycles. The minimum absolute atomic E-state index is 0.0104. The van der Waals surface area contributed by atoms with Gasteiger partial charge in [-0.3, -0.25) is 4.79 Å². The number of carbonyl (C=O) groups excluding carboxylic acids is 2. The molecular weight excluding hydrogens is 420 g/mol. The average Bonchev–Trinajstić information content (AvgIpc) is 3.49. The van der Waals surface area contributed by atoms with Crippen molar-refractivity contribution in [3.63, 3.8) is 0 Å². The Labute approximate surface area is 173 Å². The van der Waals surface area contributed by atoms with E-state index in [2.05, 4.69) is 10.0 Å². The number of benzene rings is 2. The minimum atomic E-state index is -3.59. The van der Waals surface area contributed by atoms with E-state index in [0.717, 1.165) is 12.8 Å². The molecule has 1 aliphatic carbocycles. The number of halogens is 1. The van der Waals surface area contributed by atoms with Crippen molar-refractivity contribution in [3.8, 4) is 5.75 Å². The van der Waals surface area contributed by atoms with Crippen molar-refractivity contribution in [2.24, 2.45) is 0 Å². The lowest BCUT2D eigenvalue weighted by atomic mass is 10.2. The molecule has 3 rings (SSSR count). The van der Waals surface area contributed by atoms with Gasteiger partial charge in [-0.1, -0.05) is 11.6 Å². The van der Waals surface area contributed by atoms with Gasteiger partial charge in [0, 0.05) is 11.7 Å². The lowest BCUT2D eigenvalue weighted by molar-refractivity contribution is -0.119. The molecule has 2 aromatic carbocycles. The Morgan fingerprint density at radius 3 is 2.41 bits per heavy atom. The normalized spacial score (nSPS) is 13.6. The molecular formula is C19H19ClN2O6S. The summed E-state index contributed by atoms with van der Waals surface area (Å²) in [6, 6.07) is 10.0. The molecule has 0 aliphatic heterocycles. The van der Waals surface area contributed by atoms with Gasteiger partial charge in [0.05, 0.1) is 22.6 Å². The average molecular weight is 439 g/mol. The first-order valence-corrected chi connectivity index (χ1v) is 10.6. The number of nitrogens with one attached hydrogen (secondary N) is 2. The van der Waals surface area contributed by atoms with Gasteiger partial charge in [-0.2, -0.15) is 0 Å². The van der Waals surface area contributed by atoms with Gasteiger partial charge in [0.1, 0.15) is 5.75 Å². The maximum absolute atomic E-state index is 12.1. The molecule has 2 N–H and O–H groups in total. The maximum Gasteiger partial charge on any atom is 0.338 e. The molecule has 2 aromatic rings. The van der Waals surface area contributed by atoms with Crippen molar-refractivity contribution in [2.75, 3.05) is 19.0 Å². The standard InChI is InChI=1S/C19H19ClN2O6S/c1-27-17-9-6-14(10-16(17)20)21-18(23)11-28-19(24)12-2-7-15(8-3-12)29(25,26)22-13-4-5-13/h2-3,6-10,13,22H,4-5,11H2,1H3,(H,21,23). The second-order valence-electron chi connectivity index (χ2n) is 6.39. The van der Waals surface area contributed by atoms with Crippen molar-refractivity contribution in [3.05, 3.63) is 53.1 Å². The molecule has 8 nitrogen and oxygen atoms in total. The molecule has 1 amide bonds.